The zero-order chi connectivity index (χ0) is 13.2. The Balaban J connectivity index is 3.33. The summed E-state index contributed by atoms with van der Waals surface area (Å²) < 4.78 is 52.2. The fraction of sp³-hybridized carbons (Fsp3) is 0.286. The fourth-order valence-corrected chi connectivity index (χ4v) is 1.28. The summed E-state index contributed by atoms with van der Waals surface area (Å²) in [5, 5.41) is 10.4. The molecule has 0 aromatic carbocycles. The number of nitrogens with zero attached hydrogens (tertiary/aromatic N) is 2. The maximum Gasteiger partial charge on any atom is 0.573 e. The van der Waals surface area contributed by atoms with Gasteiger partial charge in [-0.1, -0.05) is 0 Å². The fourth-order valence-electron chi connectivity index (χ4n) is 1.02. The Bertz CT molecular complexity index is 451. The van der Waals surface area contributed by atoms with Crippen molar-refractivity contribution in [1.82, 2.24) is 4.98 Å². The van der Waals surface area contributed by atoms with Gasteiger partial charge in [-0.15, -0.1) is 24.8 Å². The summed E-state index contributed by atoms with van der Waals surface area (Å²) in [5.41, 5.74) is -1.96. The molecular weight excluding hydrogens is 272 g/mol. The summed E-state index contributed by atoms with van der Waals surface area (Å²) >= 11 is 5.24. The van der Waals surface area contributed by atoms with Crippen molar-refractivity contribution in [2.75, 3.05) is 0 Å². The molecule has 0 spiro atoms. The average Bonchev–Trinajstić information content (AvgIpc) is 2.17. The molecule has 1 heterocycles. The van der Waals surface area contributed by atoms with Gasteiger partial charge in [0.25, 0.3) is 5.95 Å². The van der Waals surface area contributed by atoms with E-state index in [4.69, 9.17) is 11.6 Å². The average molecular weight is 275 g/mol. The monoisotopic (exact) mass is 274 g/mol. The van der Waals surface area contributed by atoms with E-state index in [1.807, 2.05) is 0 Å². The SMILES string of the molecule is O=[N+]([O-])c1c(F)ncc(OC(F)(F)F)c1CCl. The normalized spacial score (nSPS) is 11.4. The van der Waals surface area contributed by atoms with E-state index in [0.717, 1.165) is 0 Å². The standard InChI is InChI=1S/C7H3ClF4N2O3/c8-1-3-4(17-7(10,11)12)2-13-6(9)5(3)14(15)16/h2H,1H2. The van der Waals surface area contributed by atoms with E-state index >= 15 is 0 Å². The molecule has 10 heteroatoms. The number of hydrogen-bond acceptors (Lipinski definition) is 4. The lowest BCUT2D eigenvalue weighted by Crippen LogP contribution is -2.19. The van der Waals surface area contributed by atoms with E-state index in [2.05, 4.69) is 9.72 Å². The Labute approximate surface area is 96.1 Å². The second-order valence-corrected chi connectivity index (χ2v) is 2.95. The van der Waals surface area contributed by atoms with Gasteiger partial charge < -0.3 is 4.74 Å². The molecule has 1 aromatic heterocycles. The van der Waals surface area contributed by atoms with E-state index < -0.39 is 40.1 Å². The molecule has 0 bridgehead atoms. The van der Waals surface area contributed by atoms with Gasteiger partial charge in [0.1, 0.15) is 0 Å². The van der Waals surface area contributed by atoms with Gasteiger partial charge in [0.2, 0.25) is 0 Å². The zero-order valence-electron chi connectivity index (χ0n) is 7.79. The number of rotatable bonds is 3. The van der Waals surface area contributed by atoms with Crippen LogP contribution in [0.2, 0.25) is 0 Å². The van der Waals surface area contributed by atoms with Crippen LogP contribution in [0.3, 0.4) is 0 Å². The van der Waals surface area contributed by atoms with Crippen LogP contribution in [0.5, 0.6) is 5.75 Å². The van der Waals surface area contributed by atoms with Gasteiger partial charge in [-0.05, 0) is 0 Å². The molecule has 1 aromatic rings. The topological polar surface area (TPSA) is 65.3 Å². The first-order chi connectivity index (χ1) is 7.76. The van der Waals surface area contributed by atoms with Crippen LogP contribution in [0.25, 0.3) is 0 Å². The van der Waals surface area contributed by atoms with Crippen LogP contribution >= 0.6 is 11.6 Å². The lowest BCUT2D eigenvalue weighted by molar-refractivity contribution is -0.388. The van der Waals surface area contributed by atoms with E-state index in [0.29, 0.717) is 6.20 Å². The van der Waals surface area contributed by atoms with Crippen LogP contribution in [0.15, 0.2) is 6.20 Å². The van der Waals surface area contributed by atoms with Gasteiger partial charge in [0, 0.05) is 0 Å². The van der Waals surface area contributed by atoms with Crippen molar-refractivity contribution in [2.45, 2.75) is 12.2 Å². The molecule has 1 rings (SSSR count). The minimum Gasteiger partial charge on any atom is -0.404 e. The predicted octanol–water partition coefficient (Wildman–Crippen LogP) is 2.77. The molecule has 0 atom stereocenters. The van der Waals surface area contributed by atoms with Gasteiger partial charge in [-0.25, -0.2) is 4.98 Å². The van der Waals surface area contributed by atoms with E-state index in [-0.39, 0.29) is 0 Å². The van der Waals surface area contributed by atoms with Crippen molar-refractivity contribution in [3.63, 3.8) is 0 Å². The number of halogens is 5. The third-order valence-electron chi connectivity index (χ3n) is 1.62. The van der Waals surface area contributed by atoms with Crippen molar-refractivity contribution in [1.29, 1.82) is 0 Å². The third kappa shape index (κ3) is 3.16. The van der Waals surface area contributed by atoms with Crippen molar-refractivity contribution in [3.8, 4) is 5.75 Å². The number of hydrogen-bond donors (Lipinski definition) is 0. The number of alkyl halides is 4. The molecular formula is C7H3ClF4N2O3. The first-order valence-electron chi connectivity index (χ1n) is 3.89. The van der Waals surface area contributed by atoms with Crippen LogP contribution in [0.1, 0.15) is 5.56 Å². The molecule has 0 saturated carbocycles. The predicted molar refractivity (Wildman–Crippen MR) is 47.1 cm³/mol. The van der Waals surface area contributed by atoms with Crippen molar-refractivity contribution in [2.24, 2.45) is 0 Å². The second kappa shape index (κ2) is 4.70. The number of aromatic nitrogens is 1. The minimum absolute atomic E-state index is 0.382. The Kier molecular flexibility index (Phi) is 3.71. The van der Waals surface area contributed by atoms with E-state index in [9.17, 15) is 27.7 Å². The summed E-state index contributed by atoms with van der Waals surface area (Å²) in [6.45, 7) is 0. The maximum atomic E-state index is 13.0. The second-order valence-electron chi connectivity index (χ2n) is 2.68. The highest BCUT2D eigenvalue weighted by Gasteiger charge is 2.35. The molecule has 0 aliphatic rings. The highest BCUT2D eigenvalue weighted by Crippen LogP contribution is 2.34. The molecule has 0 radical (unpaired) electrons. The highest BCUT2D eigenvalue weighted by molar-refractivity contribution is 6.17. The van der Waals surface area contributed by atoms with Crippen LogP contribution in [-0.2, 0) is 5.88 Å². The summed E-state index contributed by atoms with van der Waals surface area (Å²) in [4.78, 5) is 12.0. The van der Waals surface area contributed by atoms with Crippen LogP contribution < -0.4 is 4.74 Å². The largest absolute Gasteiger partial charge is 0.573 e. The molecule has 0 saturated heterocycles. The Morgan fingerprint density at radius 1 is 1.53 bits per heavy atom. The van der Waals surface area contributed by atoms with Gasteiger partial charge in [0.15, 0.2) is 5.75 Å². The molecule has 0 aliphatic heterocycles. The van der Waals surface area contributed by atoms with Crippen LogP contribution in [0.4, 0.5) is 23.2 Å². The quantitative estimate of drug-likeness (QED) is 0.279. The summed E-state index contributed by atoms with van der Waals surface area (Å²) in [6.07, 6.45) is -4.69. The molecule has 17 heavy (non-hydrogen) atoms. The number of nitro groups is 1. The molecule has 0 unspecified atom stereocenters. The van der Waals surface area contributed by atoms with Gasteiger partial charge in [-0.2, -0.15) is 4.39 Å². The van der Waals surface area contributed by atoms with Gasteiger partial charge in [0.05, 0.1) is 22.6 Å². The van der Waals surface area contributed by atoms with Crippen molar-refractivity contribution >= 4 is 17.3 Å². The number of pyridine rings is 1. The lowest BCUT2D eigenvalue weighted by atomic mass is 10.2. The van der Waals surface area contributed by atoms with Crippen LogP contribution in [-0.4, -0.2) is 16.3 Å². The molecule has 0 amide bonds. The lowest BCUT2D eigenvalue weighted by Gasteiger charge is -2.11. The summed E-state index contributed by atoms with van der Waals surface area (Å²) in [7, 11) is 0. The third-order valence-corrected chi connectivity index (χ3v) is 1.88. The van der Waals surface area contributed by atoms with Gasteiger partial charge in [-0.3, -0.25) is 10.1 Å². The highest BCUT2D eigenvalue weighted by atomic mass is 35.5. The smallest absolute Gasteiger partial charge is 0.404 e. The summed E-state index contributed by atoms with van der Waals surface area (Å²) in [6, 6.07) is 0. The van der Waals surface area contributed by atoms with Gasteiger partial charge >= 0.3 is 12.0 Å². The van der Waals surface area contributed by atoms with E-state index in [1.165, 1.54) is 0 Å². The summed E-state index contributed by atoms with van der Waals surface area (Å²) in [5.74, 6) is -3.25. The molecule has 0 fully saturated rings. The van der Waals surface area contributed by atoms with Crippen molar-refractivity contribution < 1.29 is 27.2 Å². The van der Waals surface area contributed by atoms with E-state index in [1.54, 1.807) is 0 Å². The molecule has 5 nitrogen and oxygen atoms in total. The Hall–Kier alpha value is -1.64. The Morgan fingerprint density at radius 2 is 2.12 bits per heavy atom. The molecule has 94 valence electrons. The first kappa shape index (κ1) is 13.4. The number of ether oxygens (including phenoxy) is 1. The van der Waals surface area contributed by atoms with Crippen LogP contribution in [0, 0.1) is 16.1 Å². The minimum atomic E-state index is -5.08. The molecule has 0 aliphatic carbocycles. The zero-order valence-corrected chi connectivity index (χ0v) is 8.55. The van der Waals surface area contributed by atoms with Crippen molar-refractivity contribution in [3.05, 3.63) is 27.8 Å². The maximum absolute atomic E-state index is 13.0. The molecule has 0 N–H and O–H groups in total. The first-order valence-corrected chi connectivity index (χ1v) is 4.43. The Morgan fingerprint density at radius 3 is 2.53 bits per heavy atom.